The minimum absolute atomic E-state index is 0.0959. The summed E-state index contributed by atoms with van der Waals surface area (Å²) in [4.78, 5) is 36.8. The van der Waals surface area contributed by atoms with Gasteiger partial charge in [0.25, 0.3) is 0 Å². The molecular weight excluding hydrogens is 788 g/mol. The van der Waals surface area contributed by atoms with Crippen molar-refractivity contribution in [1.82, 2.24) is 29.5 Å². The van der Waals surface area contributed by atoms with Crippen LogP contribution in [-0.4, -0.2) is 59.8 Å². The number of thiophene rings is 2. The van der Waals surface area contributed by atoms with Gasteiger partial charge in [0.05, 0.1) is 25.0 Å². The summed E-state index contributed by atoms with van der Waals surface area (Å²) in [6.07, 6.45) is 0.896. The highest BCUT2D eigenvalue weighted by Crippen LogP contribution is 2.41. The lowest BCUT2D eigenvalue weighted by atomic mass is 9.99. The minimum Gasteiger partial charge on any atom is -0.469 e. The highest BCUT2D eigenvalue weighted by atomic mass is 35.5. The summed E-state index contributed by atoms with van der Waals surface area (Å²) in [6.45, 7) is 14.2. The number of fused-ring (bicyclic) bond motifs is 6. The Hall–Kier alpha value is -4.82. The Morgan fingerprint density at radius 3 is 1.46 bits per heavy atom. The first-order valence-electron chi connectivity index (χ1n) is 18.1. The minimum atomic E-state index is -0.487. The van der Waals surface area contributed by atoms with E-state index in [0.717, 1.165) is 66.7 Å². The van der Waals surface area contributed by atoms with E-state index in [1.807, 2.05) is 73.9 Å². The SMILES string of the molecule is CCC(=O)C[C@@H]1N=C(c2ccc(Cl)cc2)c2c(sc(C)c2C)-n2c(C)nnc21.COC(=O)C[C@@H]1N=C(c2ccc(Cl)cc2)c2c(sc(C)c2C)-n2c(C)nnc21. The number of hydrogen-bond donors (Lipinski definition) is 0. The van der Waals surface area contributed by atoms with Crippen LogP contribution in [0.15, 0.2) is 58.5 Å². The van der Waals surface area contributed by atoms with Gasteiger partial charge in [-0.2, -0.15) is 0 Å². The van der Waals surface area contributed by atoms with Crippen molar-refractivity contribution >= 4 is 69.1 Å². The molecule has 0 saturated heterocycles. The van der Waals surface area contributed by atoms with Gasteiger partial charge in [-0.25, -0.2) is 0 Å². The zero-order valence-electron chi connectivity index (χ0n) is 32.3. The van der Waals surface area contributed by atoms with Gasteiger partial charge in [0.1, 0.15) is 39.5 Å². The summed E-state index contributed by atoms with van der Waals surface area (Å²) in [5.74, 6) is 2.77. The van der Waals surface area contributed by atoms with Crippen LogP contribution in [0.3, 0.4) is 0 Å². The van der Waals surface area contributed by atoms with Gasteiger partial charge in [-0.3, -0.25) is 28.7 Å². The zero-order valence-corrected chi connectivity index (χ0v) is 35.4. The second kappa shape index (κ2) is 16.0. The molecule has 0 spiro atoms. The summed E-state index contributed by atoms with van der Waals surface area (Å²) in [6, 6.07) is 14.4. The summed E-state index contributed by atoms with van der Waals surface area (Å²) < 4.78 is 8.98. The number of Topliss-reactive ketones (excluding diaryl/α,β-unsaturated/α-hetero) is 1. The quantitative estimate of drug-likeness (QED) is 0.147. The van der Waals surface area contributed by atoms with Gasteiger partial charge in [-0.05, 0) is 76.9 Å². The third kappa shape index (κ3) is 7.29. The number of ketones is 1. The van der Waals surface area contributed by atoms with Gasteiger partial charge in [-0.15, -0.1) is 43.1 Å². The van der Waals surface area contributed by atoms with Crippen molar-refractivity contribution in [3.8, 4) is 10.0 Å². The third-order valence-electron chi connectivity index (χ3n) is 10.1. The maximum Gasteiger partial charge on any atom is 0.308 e. The van der Waals surface area contributed by atoms with Crippen molar-refractivity contribution in [2.75, 3.05) is 7.11 Å². The van der Waals surface area contributed by atoms with E-state index in [2.05, 4.69) is 52.7 Å². The molecule has 2 aliphatic heterocycles. The van der Waals surface area contributed by atoms with Crippen LogP contribution in [0.5, 0.6) is 0 Å². The lowest BCUT2D eigenvalue weighted by Crippen LogP contribution is -2.12. The molecule has 0 unspecified atom stereocenters. The second-order valence-electron chi connectivity index (χ2n) is 13.7. The molecule has 8 rings (SSSR count). The molecule has 15 heteroatoms. The predicted molar refractivity (Wildman–Crippen MR) is 223 cm³/mol. The van der Waals surface area contributed by atoms with Gasteiger partial charge >= 0.3 is 5.97 Å². The Labute approximate surface area is 343 Å². The van der Waals surface area contributed by atoms with E-state index in [-0.39, 0.29) is 24.2 Å². The molecule has 2 aromatic carbocycles. The predicted octanol–water partition coefficient (Wildman–Crippen LogP) is 9.53. The van der Waals surface area contributed by atoms with E-state index in [1.54, 1.807) is 22.7 Å². The largest absolute Gasteiger partial charge is 0.469 e. The number of ether oxygens (including phenoxy) is 1. The number of benzene rings is 2. The van der Waals surface area contributed by atoms with E-state index in [0.29, 0.717) is 28.7 Å². The summed E-state index contributed by atoms with van der Waals surface area (Å²) in [5, 5.41) is 20.7. The van der Waals surface area contributed by atoms with E-state index >= 15 is 0 Å². The number of hydrogen-bond acceptors (Lipinski definition) is 11. The Kier molecular flexibility index (Phi) is 11.2. The fourth-order valence-corrected chi connectivity index (χ4v) is 9.55. The zero-order chi connectivity index (χ0) is 40.0. The van der Waals surface area contributed by atoms with Crippen LogP contribution in [0.25, 0.3) is 10.0 Å². The van der Waals surface area contributed by atoms with Gasteiger partial charge < -0.3 is 4.74 Å². The molecule has 0 amide bonds. The third-order valence-corrected chi connectivity index (χ3v) is 13.0. The Morgan fingerprint density at radius 1 is 0.661 bits per heavy atom. The molecule has 6 aromatic rings. The van der Waals surface area contributed by atoms with Crippen LogP contribution in [0.4, 0.5) is 0 Å². The first-order valence-corrected chi connectivity index (χ1v) is 20.5. The normalized spacial score (nSPS) is 15.5. The molecule has 288 valence electrons. The number of aryl methyl sites for hydroxylation is 4. The molecule has 0 fully saturated rings. The van der Waals surface area contributed by atoms with Gasteiger partial charge in [0.15, 0.2) is 11.6 Å². The Bertz CT molecular complexity index is 2370. The van der Waals surface area contributed by atoms with Gasteiger partial charge in [0.2, 0.25) is 0 Å². The molecule has 0 aliphatic carbocycles. The highest BCUT2D eigenvalue weighted by Gasteiger charge is 2.34. The molecule has 0 bridgehead atoms. The Morgan fingerprint density at radius 2 is 1.07 bits per heavy atom. The molecule has 4 aromatic heterocycles. The fraction of sp³-hybridized carbons (Fsp3) is 0.317. The molecule has 0 radical (unpaired) electrons. The molecular formula is C41H40Cl2N8O3S2. The maximum atomic E-state index is 12.3. The lowest BCUT2D eigenvalue weighted by molar-refractivity contribution is -0.141. The van der Waals surface area contributed by atoms with Crippen molar-refractivity contribution in [2.45, 2.75) is 79.8 Å². The van der Waals surface area contributed by atoms with E-state index in [4.69, 9.17) is 37.9 Å². The van der Waals surface area contributed by atoms with Crippen LogP contribution in [0.2, 0.25) is 10.0 Å². The van der Waals surface area contributed by atoms with Crippen molar-refractivity contribution < 1.29 is 14.3 Å². The van der Waals surface area contributed by atoms with Crippen molar-refractivity contribution in [2.24, 2.45) is 9.98 Å². The average molecular weight is 828 g/mol. The number of carbonyl (C=O) groups excluding carboxylic acids is 2. The topological polar surface area (TPSA) is 130 Å². The van der Waals surface area contributed by atoms with Crippen molar-refractivity contribution in [3.05, 3.63) is 125 Å². The van der Waals surface area contributed by atoms with Gasteiger partial charge in [0, 0.05) is 54.9 Å². The number of rotatable bonds is 7. The van der Waals surface area contributed by atoms with Crippen LogP contribution < -0.4 is 0 Å². The van der Waals surface area contributed by atoms with Crippen LogP contribution >= 0.6 is 45.9 Å². The van der Waals surface area contributed by atoms with E-state index in [9.17, 15) is 9.59 Å². The van der Waals surface area contributed by atoms with E-state index < -0.39 is 6.04 Å². The summed E-state index contributed by atoms with van der Waals surface area (Å²) in [7, 11) is 1.38. The average Bonchev–Trinajstić information content (AvgIpc) is 3.87. The fourth-order valence-electron chi connectivity index (χ4n) is 6.87. The highest BCUT2D eigenvalue weighted by molar-refractivity contribution is 7.15. The second-order valence-corrected chi connectivity index (χ2v) is 17.0. The number of carbonyl (C=O) groups is 2. The number of esters is 1. The smallest absolute Gasteiger partial charge is 0.308 e. The molecule has 2 aliphatic rings. The molecule has 56 heavy (non-hydrogen) atoms. The molecule has 11 nitrogen and oxygen atoms in total. The summed E-state index contributed by atoms with van der Waals surface area (Å²) in [5.41, 5.74) is 8.11. The van der Waals surface area contributed by atoms with Crippen molar-refractivity contribution in [1.29, 1.82) is 0 Å². The van der Waals surface area contributed by atoms with E-state index in [1.165, 1.54) is 22.4 Å². The molecule has 0 saturated carbocycles. The van der Waals surface area contributed by atoms with Crippen LogP contribution in [0, 0.1) is 41.5 Å². The summed E-state index contributed by atoms with van der Waals surface area (Å²) >= 11 is 15.6. The standard InChI is InChI=1S/C21H21ClN4OS.C20H19ClN4O2S/c1-5-16(27)10-17-20-25-24-13(4)26(20)21-18(11(2)12(3)28-21)19(23-17)14-6-8-15(22)9-7-14;1-10-11(2)28-20-17(10)18(13-5-7-14(21)8-6-13)22-15(9-16(26)27-4)19-24-23-12(3)25(19)20/h6-9,17H,5,10H2,1-4H3;5-8,15H,9H2,1-4H3/t17-;15-/m00/s1. The molecule has 6 heterocycles. The number of nitrogens with zero attached hydrogens (tertiary/aromatic N) is 8. The monoisotopic (exact) mass is 826 g/mol. The number of aliphatic imine (C=N–C) groups is 2. The van der Waals surface area contributed by atoms with Gasteiger partial charge in [-0.1, -0.05) is 54.4 Å². The first-order chi connectivity index (χ1) is 26.8. The lowest BCUT2D eigenvalue weighted by Gasteiger charge is -2.11. The number of methoxy groups -OCH3 is 1. The molecule has 2 atom stereocenters. The van der Waals surface area contributed by atoms with Crippen LogP contribution in [0.1, 0.15) is 105 Å². The molecule has 0 N–H and O–H groups in total. The van der Waals surface area contributed by atoms with Crippen LogP contribution in [-0.2, 0) is 14.3 Å². The van der Waals surface area contributed by atoms with Crippen molar-refractivity contribution in [3.63, 3.8) is 0 Å². The first kappa shape index (κ1) is 39.4. The maximum absolute atomic E-state index is 12.3. The number of aromatic nitrogens is 6. The Balaban J connectivity index is 0.000000172. The number of halogens is 2.